The molecule has 2 rings (SSSR count). The molecular formula is C17H22BrN3OS. The predicted molar refractivity (Wildman–Crippen MR) is 100 cm³/mol. The molecule has 1 aromatic heterocycles. The summed E-state index contributed by atoms with van der Waals surface area (Å²) < 4.78 is 3.14. The molecule has 6 heteroatoms. The first-order valence-corrected chi connectivity index (χ1v) is 9.17. The van der Waals surface area contributed by atoms with Crippen LogP contribution in [-0.2, 0) is 10.3 Å². The molecule has 0 spiro atoms. The molecule has 0 unspecified atom stereocenters. The number of benzene rings is 1. The summed E-state index contributed by atoms with van der Waals surface area (Å²) in [5.74, 6) is 0.416. The Morgan fingerprint density at radius 1 is 1.39 bits per heavy atom. The van der Waals surface area contributed by atoms with Gasteiger partial charge in [-0.1, -0.05) is 27.7 Å². The first kappa shape index (κ1) is 18.1. The number of hydrogen-bond donors (Lipinski definition) is 0. The van der Waals surface area contributed by atoms with Crippen LogP contribution in [0.25, 0.3) is 0 Å². The van der Waals surface area contributed by atoms with Crippen molar-refractivity contribution in [3.8, 4) is 0 Å². The van der Waals surface area contributed by atoms with E-state index in [1.807, 2.05) is 38.4 Å². The molecule has 0 aliphatic carbocycles. The van der Waals surface area contributed by atoms with Crippen LogP contribution in [0, 0.1) is 6.92 Å². The monoisotopic (exact) mass is 395 g/mol. The number of rotatable bonds is 4. The molecule has 23 heavy (non-hydrogen) atoms. The van der Waals surface area contributed by atoms with Crippen LogP contribution in [0.2, 0.25) is 0 Å². The Hall–Kier alpha value is -1.27. The van der Waals surface area contributed by atoms with Gasteiger partial charge in [0, 0.05) is 35.1 Å². The van der Waals surface area contributed by atoms with E-state index < -0.39 is 0 Å². The van der Waals surface area contributed by atoms with E-state index in [9.17, 15) is 4.79 Å². The van der Waals surface area contributed by atoms with Gasteiger partial charge in [-0.05, 0) is 51.5 Å². The summed E-state index contributed by atoms with van der Waals surface area (Å²) in [7, 11) is 1.81. The van der Waals surface area contributed by atoms with Gasteiger partial charge in [-0.2, -0.15) is 0 Å². The Kier molecular flexibility index (Phi) is 5.57. The maximum Gasteiger partial charge on any atom is 0.237 e. The van der Waals surface area contributed by atoms with E-state index in [2.05, 4.69) is 46.3 Å². The van der Waals surface area contributed by atoms with Crippen LogP contribution < -0.4 is 4.90 Å². The Labute approximate surface area is 150 Å². The number of amides is 1. The second-order valence-electron chi connectivity index (χ2n) is 6.43. The van der Waals surface area contributed by atoms with Crippen molar-refractivity contribution in [3.63, 3.8) is 0 Å². The molecule has 4 nitrogen and oxygen atoms in total. The van der Waals surface area contributed by atoms with Gasteiger partial charge in [-0.15, -0.1) is 0 Å². The molecule has 0 radical (unpaired) electrons. The molecule has 1 heterocycles. The Bertz CT molecular complexity index is 706. The van der Waals surface area contributed by atoms with Crippen LogP contribution in [0.5, 0.6) is 0 Å². The average molecular weight is 396 g/mol. The van der Waals surface area contributed by atoms with Gasteiger partial charge in [0.15, 0.2) is 5.16 Å². The second-order valence-corrected chi connectivity index (χ2v) is 8.22. The number of carbonyl (C=O) groups excluding carboxylic acids is 1. The lowest BCUT2D eigenvalue weighted by atomic mass is 10.1. The highest BCUT2D eigenvalue weighted by Gasteiger charge is 2.19. The minimum absolute atomic E-state index is 0.0450. The fraction of sp³-hybridized carbons (Fsp3) is 0.412. The lowest BCUT2D eigenvalue weighted by molar-refractivity contribution is -0.115. The van der Waals surface area contributed by atoms with Crippen LogP contribution in [0.3, 0.4) is 0 Å². The number of hydrogen-bond acceptors (Lipinski definition) is 3. The van der Waals surface area contributed by atoms with Crippen molar-refractivity contribution >= 4 is 39.3 Å². The van der Waals surface area contributed by atoms with Crippen molar-refractivity contribution in [2.24, 2.45) is 0 Å². The van der Waals surface area contributed by atoms with Gasteiger partial charge in [-0.3, -0.25) is 4.79 Å². The molecule has 0 atom stereocenters. The highest BCUT2D eigenvalue weighted by atomic mass is 79.9. The van der Waals surface area contributed by atoms with E-state index >= 15 is 0 Å². The van der Waals surface area contributed by atoms with Gasteiger partial charge in [-0.25, -0.2) is 4.98 Å². The van der Waals surface area contributed by atoms with Crippen LogP contribution in [-0.4, -0.2) is 28.3 Å². The first-order valence-electron chi connectivity index (χ1n) is 7.39. The van der Waals surface area contributed by atoms with Crippen LogP contribution >= 0.6 is 27.7 Å². The van der Waals surface area contributed by atoms with Gasteiger partial charge < -0.3 is 9.47 Å². The lowest BCUT2D eigenvalue weighted by Crippen LogP contribution is -2.28. The third-order valence-electron chi connectivity index (χ3n) is 3.56. The van der Waals surface area contributed by atoms with Gasteiger partial charge in [0.25, 0.3) is 0 Å². The molecular weight excluding hydrogens is 374 g/mol. The van der Waals surface area contributed by atoms with Crippen LogP contribution in [0.4, 0.5) is 5.69 Å². The summed E-state index contributed by atoms with van der Waals surface area (Å²) in [6, 6.07) is 5.91. The van der Waals surface area contributed by atoms with Crippen molar-refractivity contribution < 1.29 is 4.79 Å². The zero-order chi connectivity index (χ0) is 17.2. The minimum atomic E-state index is -0.0450. The molecule has 1 aromatic carbocycles. The molecule has 0 N–H and O–H groups in total. The summed E-state index contributed by atoms with van der Waals surface area (Å²) in [6.07, 6.45) is 3.73. The molecule has 0 aliphatic heterocycles. The maximum atomic E-state index is 12.5. The zero-order valence-corrected chi connectivity index (χ0v) is 16.5. The molecule has 0 aliphatic rings. The largest absolute Gasteiger partial charge is 0.321 e. The fourth-order valence-electron chi connectivity index (χ4n) is 2.11. The van der Waals surface area contributed by atoms with E-state index in [1.54, 1.807) is 11.1 Å². The predicted octanol–water partition coefficient (Wildman–Crippen LogP) is 4.46. The number of halogens is 1. The zero-order valence-electron chi connectivity index (χ0n) is 14.1. The van der Waals surface area contributed by atoms with E-state index in [0.29, 0.717) is 5.75 Å². The van der Waals surface area contributed by atoms with Crippen molar-refractivity contribution in [3.05, 3.63) is 40.6 Å². The van der Waals surface area contributed by atoms with E-state index in [-0.39, 0.29) is 11.4 Å². The normalized spacial score (nSPS) is 11.6. The summed E-state index contributed by atoms with van der Waals surface area (Å²) in [4.78, 5) is 18.5. The number of carbonyl (C=O) groups is 1. The summed E-state index contributed by atoms with van der Waals surface area (Å²) in [5, 5.41) is 0.867. The van der Waals surface area contributed by atoms with Gasteiger partial charge in [0.05, 0.1) is 5.75 Å². The summed E-state index contributed by atoms with van der Waals surface area (Å²) in [6.45, 7) is 8.38. The minimum Gasteiger partial charge on any atom is -0.321 e. The average Bonchev–Trinajstić information content (AvgIpc) is 2.95. The highest BCUT2D eigenvalue weighted by Crippen LogP contribution is 2.26. The number of aryl methyl sites for hydroxylation is 1. The molecule has 2 aromatic rings. The van der Waals surface area contributed by atoms with Gasteiger partial charge in [0.1, 0.15) is 0 Å². The van der Waals surface area contributed by atoms with Gasteiger partial charge >= 0.3 is 0 Å². The second kappa shape index (κ2) is 7.09. The Morgan fingerprint density at radius 3 is 2.70 bits per heavy atom. The first-order chi connectivity index (χ1) is 10.7. The Balaban J connectivity index is 2.05. The molecule has 0 saturated heterocycles. The third kappa shape index (κ3) is 4.38. The number of thioether (sulfide) groups is 1. The van der Waals surface area contributed by atoms with E-state index in [4.69, 9.17) is 0 Å². The van der Waals surface area contributed by atoms with E-state index in [1.165, 1.54) is 11.8 Å². The number of imidazole rings is 1. The number of aromatic nitrogens is 2. The number of nitrogens with zero attached hydrogens (tertiary/aromatic N) is 3. The molecule has 0 saturated carbocycles. The van der Waals surface area contributed by atoms with Crippen LogP contribution in [0.1, 0.15) is 26.3 Å². The molecule has 0 fully saturated rings. The van der Waals surface area contributed by atoms with E-state index in [0.717, 1.165) is 20.9 Å². The standard InChI is InChI=1S/C17H22BrN3OS/c1-12-10-13(6-7-14(12)18)20(5)15(22)11-23-16-19-8-9-21(16)17(2,3)4/h6-10H,11H2,1-5H3. The maximum absolute atomic E-state index is 12.5. The third-order valence-corrected chi connectivity index (χ3v) is 5.40. The summed E-state index contributed by atoms with van der Waals surface area (Å²) in [5.41, 5.74) is 1.96. The highest BCUT2D eigenvalue weighted by molar-refractivity contribution is 9.10. The summed E-state index contributed by atoms with van der Waals surface area (Å²) >= 11 is 4.95. The number of anilines is 1. The van der Waals surface area contributed by atoms with Crippen molar-refractivity contribution in [2.45, 2.75) is 38.4 Å². The molecule has 0 bridgehead atoms. The fourth-order valence-corrected chi connectivity index (χ4v) is 3.41. The van der Waals surface area contributed by atoms with Gasteiger partial charge in [0.2, 0.25) is 5.91 Å². The van der Waals surface area contributed by atoms with Crippen LogP contribution in [0.15, 0.2) is 40.2 Å². The Morgan fingerprint density at radius 2 is 2.09 bits per heavy atom. The topological polar surface area (TPSA) is 38.1 Å². The van der Waals surface area contributed by atoms with Crippen molar-refractivity contribution in [1.82, 2.24) is 9.55 Å². The lowest BCUT2D eigenvalue weighted by Gasteiger charge is -2.23. The quantitative estimate of drug-likeness (QED) is 0.716. The SMILES string of the molecule is Cc1cc(N(C)C(=O)CSc2nccn2C(C)(C)C)ccc1Br. The smallest absolute Gasteiger partial charge is 0.237 e. The molecule has 1 amide bonds. The van der Waals surface area contributed by atoms with Crippen molar-refractivity contribution in [1.29, 1.82) is 0 Å². The molecule has 124 valence electrons. The van der Waals surface area contributed by atoms with Crippen molar-refractivity contribution in [2.75, 3.05) is 17.7 Å².